The highest BCUT2D eigenvalue weighted by Crippen LogP contribution is 2.24. The first kappa shape index (κ1) is 25.4. The Morgan fingerprint density at radius 3 is 1.74 bits per heavy atom. The van der Waals surface area contributed by atoms with Gasteiger partial charge in [-0.1, -0.05) is 51.1 Å². The molecule has 1 atom stereocenters. The molecule has 0 unspecified atom stereocenters. The fraction of sp³-hybridized carbons (Fsp3) is 0.207. The first-order valence-electron chi connectivity index (χ1n) is 11.3. The summed E-state index contributed by atoms with van der Waals surface area (Å²) in [5.41, 5.74) is 2.93. The molecule has 0 heterocycles. The number of rotatable bonds is 9. The molecule has 0 saturated heterocycles. The minimum atomic E-state index is -0.532. The Hall–Kier alpha value is -4.19. The summed E-state index contributed by atoms with van der Waals surface area (Å²) in [6, 6.07) is 20.3. The topological polar surface area (TPSA) is 78.9 Å². The standard InChI is InChI=1S/C29H28O6/c1-5-20(4)18-33-28(31)23-8-6-21(7-9-23)22-10-14-26(15-11-22)35-29(32)24-12-16-25(17-13-24)34-27(30)19(2)3/h6-17,20H,2,5,18H2,1,3-4H3/t20-/m0/s1. The Balaban J connectivity index is 1.59. The third-order valence-corrected chi connectivity index (χ3v) is 5.36. The highest BCUT2D eigenvalue weighted by molar-refractivity contribution is 5.92. The second-order valence-corrected chi connectivity index (χ2v) is 8.30. The van der Waals surface area contributed by atoms with Crippen LogP contribution in [0.4, 0.5) is 0 Å². The van der Waals surface area contributed by atoms with Gasteiger partial charge in [0.1, 0.15) is 11.5 Å². The molecule has 0 fully saturated rings. The van der Waals surface area contributed by atoms with E-state index in [1.807, 2.05) is 31.2 Å². The zero-order chi connectivity index (χ0) is 25.4. The summed E-state index contributed by atoms with van der Waals surface area (Å²) in [5.74, 6) is -0.361. The van der Waals surface area contributed by atoms with E-state index in [4.69, 9.17) is 14.2 Å². The van der Waals surface area contributed by atoms with Crippen LogP contribution in [0.2, 0.25) is 0 Å². The van der Waals surface area contributed by atoms with E-state index in [2.05, 4.69) is 13.5 Å². The van der Waals surface area contributed by atoms with Gasteiger partial charge in [-0.15, -0.1) is 0 Å². The third kappa shape index (κ3) is 7.14. The van der Waals surface area contributed by atoms with Crippen LogP contribution >= 0.6 is 0 Å². The quantitative estimate of drug-likeness (QED) is 0.208. The van der Waals surface area contributed by atoms with Crippen molar-refractivity contribution in [1.29, 1.82) is 0 Å². The Labute approximate surface area is 205 Å². The molecule has 0 aliphatic rings. The fourth-order valence-electron chi connectivity index (χ4n) is 2.95. The lowest BCUT2D eigenvalue weighted by Crippen LogP contribution is -2.11. The lowest BCUT2D eigenvalue weighted by atomic mass is 10.0. The molecular weight excluding hydrogens is 444 g/mol. The monoisotopic (exact) mass is 472 g/mol. The normalized spacial score (nSPS) is 11.3. The minimum Gasteiger partial charge on any atom is -0.462 e. The smallest absolute Gasteiger partial charge is 0.343 e. The number of carbonyl (C=O) groups excluding carboxylic acids is 3. The molecule has 0 amide bonds. The van der Waals surface area contributed by atoms with Crippen molar-refractivity contribution in [3.8, 4) is 22.6 Å². The minimum absolute atomic E-state index is 0.285. The van der Waals surface area contributed by atoms with Gasteiger partial charge in [-0.2, -0.15) is 0 Å². The summed E-state index contributed by atoms with van der Waals surface area (Å²) in [4.78, 5) is 36.2. The van der Waals surface area contributed by atoms with Crippen molar-refractivity contribution in [1.82, 2.24) is 0 Å². The van der Waals surface area contributed by atoms with Gasteiger partial charge in [-0.3, -0.25) is 0 Å². The number of carbonyl (C=O) groups is 3. The van der Waals surface area contributed by atoms with Crippen LogP contribution in [0.1, 0.15) is 47.9 Å². The molecule has 0 N–H and O–H groups in total. The molecule has 0 aliphatic heterocycles. The summed E-state index contributed by atoms with van der Waals surface area (Å²) < 4.78 is 15.9. The van der Waals surface area contributed by atoms with Gasteiger partial charge in [-0.05, 0) is 72.5 Å². The average molecular weight is 473 g/mol. The second-order valence-electron chi connectivity index (χ2n) is 8.30. The molecule has 0 saturated carbocycles. The molecule has 6 heteroatoms. The number of hydrogen-bond acceptors (Lipinski definition) is 6. The lowest BCUT2D eigenvalue weighted by Gasteiger charge is -2.10. The number of esters is 3. The predicted molar refractivity (Wildman–Crippen MR) is 133 cm³/mol. The van der Waals surface area contributed by atoms with Crippen LogP contribution in [0.5, 0.6) is 11.5 Å². The number of benzene rings is 3. The molecule has 3 aromatic rings. The van der Waals surface area contributed by atoms with E-state index in [0.29, 0.717) is 35.2 Å². The molecule has 0 aromatic heterocycles. The fourth-order valence-corrected chi connectivity index (χ4v) is 2.95. The Morgan fingerprint density at radius 2 is 1.20 bits per heavy atom. The summed E-state index contributed by atoms with van der Waals surface area (Å²) >= 11 is 0. The predicted octanol–water partition coefficient (Wildman–Crippen LogP) is 6.26. The van der Waals surface area contributed by atoms with Crippen LogP contribution in [0.3, 0.4) is 0 Å². The van der Waals surface area contributed by atoms with Crippen LogP contribution in [0.25, 0.3) is 11.1 Å². The molecule has 35 heavy (non-hydrogen) atoms. The van der Waals surface area contributed by atoms with Crippen molar-refractivity contribution >= 4 is 17.9 Å². The van der Waals surface area contributed by atoms with Crippen LogP contribution in [-0.4, -0.2) is 24.5 Å². The van der Waals surface area contributed by atoms with E-state index in [1.165, 1.54) is 24.3 Å². The van der Waals surface area contributed by atoms with Crippen LogP contribution in [0.15, 0.2) is 84.9 Å². The molecule has 3 rings (SSSR count). The summed E-state index contributed by atoms with van der Waals surface area (Å²) in [5, 5.41) is 0. The van der Waals surface area contributed by atoms with Gasteiger partial charge < -0.3 is 14.2 Å². The van der Waals surface area contributed by atoms with E-state index in [9.17, 15) is 14.4 Å². The van der Waals surface area contributed by atoms with E-state index in [-0.39, 0.29) is 11.5 Å². The first-order chi connectivity index (χ1) is 16.8. The van der Waals surface area contributed by atoms with E-state index in [1.54, 1.807) is 31.2 Å². The zero-order valence-electron chi connectivity index (χ0n) is 20.1. The van der Waals surface area contributed by atoms with Gasteiger partial charge in [0.15, 0.2) is 0 Å². The molecule has 180 valence electrons. The van der Waals surface area contributed by atoms with Crippen molar-refractivity contribution in [3.05, 3.63) is 96.1 Å². The molecule has 0 aliphatic carbocycles. The van der Waals surface area contributed by atoms with Crippen molar-refractivity contribution in [2.45, 2.75) is 27.2 Å². The van der Waals surface area contributed by atoms with Crippen LogP contribution < -0.4 is 9.47 Å². The van der Waals surface area contributed by atoms with Crippen LogP contribution in [0, 0.1) is 5.92 Å². The SMILES string of the molecule is C=C(C)C(=O)Oc1ccc(C(=O)Oc2ccc(-c3ccc(C(=O)OC[C@@H](C)CC)cc3)cc2)cc1. The Morgan fingerprint density at radius 1 is 0.743 bits per heavy atom. The van der Waals surface area contributed by atoms with Crippen molar-refractivity contribution in [2.24, 2.45) is 5.92 Å². The van der Waals surface area contributed by atoms with E-state index < -0.39 is 11.9 Å². The van der Waals surface area contributed by atoms with Crippen LogP contribution in [-0.2, 0) is 9.53 Å². The van der Waals surface area contributed by atoms with Crippen molar-refractivity contribution < 1.29 is 28.6 Å². The van der Waals surface area contributed by atoms with Crippen molar-refractivity contribution in [3.63, 3.8) is 0 Å². The number of hydrogen-bond donors (Lipinski definition) is 0. The van der Waals surface area contributed by atoms with Gasteiger partial charge in [0.2, 0.25) is 0 Å². The molecule has 3 aromatic carbocycles. The summed E-state index contributed by atoms with van der Waals surface area (Å²) in [6.45, 7) is 9.59. The lowest BCUT2D eigenvalue weighted by molar-refractivity contribution is -0.130. The van der Waals surface area contributed by atoms with Gasteiger partial charge in [-0.25, -0.2) is 14.4 Å². The number of ether oxygens (including phenoxy) is 3. The van der Waals surface area contributed by atoms with Gasteiger partial charge in [0.25, 0.3) is 0 Å². The molecule has 0 spiro atoms. The molecular formula is C29H28O6. The van der Waals surface area contributed by atoms with E-state index in [0.717, 1.165) is 17.5 Å². The van der Waals surface area contributed by atoms with Crippen molar-refractivity contribution in [2.75, 3.05) is 6.61 Å². The van der Waals surface area contributed by atoms with Gasteiger partial charge >= 0.3 is 17.9 Å². The average Bonchev–Trinajstić information content (AvgIpc) is 2.87. The molecule has 6 nitrogen and oxygen atoms in total. The maximum absolute atomic E-state index is 12.4. The Bertz CT molecular complexity index is 1190. The molecule has 0 bridgehead atoms. The van der Waals surface area contributed by atoms with Gasteiger partial charge in [0, 0.05) is 5.57 Å². The maximum Gasteiger partial charge on any atom is 0.343 e. The second kappa shape index (κ2) is 11.8. The van der Waals surface area contributed by atoms with E-state index >= 15 is 0 Å². The molecule has 0 radical (unpaired) electrons. The largest absolute Gasteiger partial charge is 0.462 e. The zero-order valence-corrected chi connectivity index (χ0v) is 20.1. The highest BCUT2D eigenvalue weighted by atomic mass is 16.5. The maximum atomic E-state index is 12.4. The third-order valence-electron chi connectivity index (χ3n) is 5.36. The first-order valence-corrected chi connectivity index (χ1v) is 11.3. The summed E-state index contributed by atoms with van der Waals surface area (Å²) in [6.07, 6.45) is 0.955. The highest BCUT2D eigenvalue weighted by Gasteiger charge is 2.12. The Kier molecular flexibility index (Phi) is 8.57. The summed E-state index contributed by atoms with van der Waals surface area (Å²) in [7, 11) is 0. The van der Waals surface area contributed by atoms with Gasteiger partial charge in [0.05, 0.1) is 17.7 Å².